The number of likely N-dealkylation sites (N-methyl/N-ethyl adjacent to an activating group) is 1. The number of rotatable bonds is 7. The summed E-state index contributed by atoms with van der Waals surface area (Å²) in [6, 6.07) is 12.7. The molecular weight excluding hydrogens is 364 g/mol. The Kier molecular flexibility index (Phi) is 5.71. The molecule has 0 spiro atoms. The van der Waals surface area contributed by atoms with Crippen LogP contribution in [0.2, 0.25) is 0 Å². The lowest BCUT2D eigenvalue weighted by Crippen LogP contribution is -2.34. The molecule has 27 heavy (non-hydrogen) atoms. The first kappa shape index (κ1) is 18.8. The van der Waals surface area contributed by atoms with Crippen molar-refractivity contribution in [3.63, 3.8) is 0 Å². The zero-order valence-corrected chi connectivity index (χ0v) is 16.2. The molecule has 0 saturated carbocycles. The van der Waals surface area contributed by atoms with Crippen molar-refractivity contribution >= 4 is 38.4 Å². The number of ether oxygens (including phenoxy) is 2. The number of anilines is 1. The highest BCUT2D eigenvalue weighted by molar-refractivity contribution is 7.22. The van der Waals surface area contributed by atoms with Crippen LogP contribution in [0.25, 0.3) is 10.2 Å². The van der Waals surface area contributed by atoms with Gasteiger partial charge >= 0.3 is 0 Å². The van der Waals surface area contributed by atoms with Crippen molar-refractivity contribution in [3.05, 3.63) is 48.0 Å². The molecule has 0 aliphatic heterocycles. The third-order valence-corrected chi connectivity index (χ3v) is 5.11. The molecule has 3 rings (SSSR count). The van der Waals surface area contributed by atoms with Crippen molar-refractivity contribution in [3.8, 4) is 11.5 Å². The van der Waals surface area contributed by atoms with Gasteiger partial charge in [-0.25, -0.2) is 4.98 Å². The fraction of sp³-hybridized carbons (Fsp3) is 0.250. The number of Topliss-reactive ketones (excluding diaryl/α,β-unsaturated/α-hetero) is 1. The molecular formula is C20H20N2O4S. The van der Waals surface area contributed by atoms with Gasteiger partial charge in [0, 0.05) is 12.1 Å². The summed E-state index contributed by atoms with van der Waals surface area (Å²) in [6.07, 6.45) is 0. The minimum atomic E-state index is -0.200. The second kappa shape index (κ2) is 8.18. The highest BCUT2D eigenvalue weighted by Gasteiger charge is 2.19. The van der Waals surface area contributed by atoms with Crippen molar-refractivity contribution in [2.75, 3.05) is 25.2 Å². The molecule has 0 fully saturated rings. The summed E-state index contributed by atoms with van der Waals surface area (Å²) in [4.78, 5) is 30.3. The number of carbonyl (C=O) groups is 2. The van der Waals surface area contributed by atoms with E-state index in [-0.39, 0.29) is 18.3 Å². The Labute approximate surface area is 161 Å². The lowest BCUT2D eigenvalue weighted by molar-refractivity contribution is -0.120. The molecule has 140 valence electrons. The Hall–Kier alpha value is -2.93. The number of nitrogens with zero attached hydrogens (tertiary/aromatic N) is 2. The molecule has 0 aliphatic rings. The molecule has 1 heterocycles. The molecule has 0 atom stereocenters. The summed E-state index contributed by atoms with van der Waals surface area (Å²) in [5, 5.41) is 0.645. The average molecular weight is 384 g/mol. The largest absolute Gasteiger partial charge is 0.493 e. The van der Waals surface area contributed by atoms with Crippen molar-refractivity contribution in [2.45, 2.75) is 13.8 Å². The van der Waals surface area contributed by atoms with Gasteiger partial charge in [-0.3, -0.25) is 14.5 Å². The van der Waals surface area contributed by atoms with Crippen LogP contribution < -0.4 is 14.4 Å². The average Bonchev–Trinajstić information content (AvgIpc) is 3.10. The number of amides is 1. The van der Waals surface area contributed by atoms with E-state index in [1.165, 1.54) is 25.4 Å². The molecule has 0 unspecified atom stereocenters. The highest BCUT2D eigenvalue weighted by atomic mass is 32.1. The van der Waals surface area contributed by atoms with Crippen molar-refractivity contribution in [1.29, 1.82) is 0 Å². The van der Waals surface area contributed by atoms with Crippen LogP contribution in [0.3, 0.4) is 0 Å². The van der Waals surface area contributed by atoms with Crippen molar-refractivity contribution in [1.82, 2.24) is 4.98 Å². The molecule has 7 heteroatoms. The number of thiazole rings is 1. The van der Waals surface area contributed by atoms with Crippen LogP contribution in [0.4, 0.5) is 5.13 Å². The van der Waals surface area contributed by atoms with Crippen LogP contribution in [0, 0.1) is 0 Å². The summed E-state index contributed by atoms with van der Waals surface area (Å²) in [6.45, 7) is 3.71. The standard InChI is InChI=1S/C20H20N2O4S/c1-4-22(20-21-15-7-5-6-8-18(15)27-20)19(24)12-26-16-10-9-14(13(2)23)11-17(16)25-3/h5-11H,4,12H2,1-3H3. The maximum Gasteiger partial charge on any atom is 0.266 e. The number of ketones is 1. The summed E-state index contributed by atoms with van der Waals surface area (Å²) in [7, 11) is 1.49. The Morgan fingerprint density at radius 2 is 1.93 bits per heavy atom. The third-order valence-electron chi connectivity index (χ3n) is 4.05. The van der Waals surface area contributed by atoms with E-state index in [1.54, 1.807) is 23.1 Å². The van der Waals surface area contributed by atoms with E-state index in [4.69, 9.17) is 9.47 Å². The molecule has 6 nitrogen and oxygen atoms in total. The van der Waals surface area contributed by atoms with Gasteiger partial charge in [-0.15, -0.1) is 0 Å². The normalized spacial score (nSPS) is 10.6. The Morgan fingerprint density at radius 1 is 1.15 bits per heavy atom. The predicted molar refractivity (Wildman–Crippen MR) is 106 cm³/mol. The smallest absolute Gasteiger partial charge is 0.266 e. The molecule has 0 radical (unpaired) electrons. The maximum absolute atomic E-state index is 12.7. The van der Waals surface area contributed by atoms with E-state index in [0.717, 1.165) is 10.2 Å². The van der Waals surface area contributed by atoms with Gasteiger partial charge in [-0.1, -0.05) is 23.5 Å². The Bertz CT molecular complexity index is 950. The number of fused-ring (bicyclic) bond motifs is 1. The van der Waals surface area contributed by atoms with Crippen LogP contribution in [0.15, 0.2) is 42.5 Å². The van der Waals surface area contributed by atoms with Crippen LogP contribution in [0.5, 0.6) is 11.5 Å². The molecule has 0 aliphatic carbocycles. The molecule has 1 amide bonds. The van der Waals surface area contributed by atoms with E-state index < -0.39 is 0 Å². The molecule has 0 N–H and O–H groups in total. The monoisotopic (exact) mass is 384 g/mol. The summed E-state index contributed by atoms with van der Waals surface area (Å²) >= 11 is 1.47. The third kappa shape index (κ3) is 4.09. The zero-order chi connectivity index (χ0) is 19.4. The van der Waals surface area contributed by atoms with E-state index in [9.17, 15) is 9.59 Å². The van der Waals surface area contributed by atoms with Crippen molar-refractivity contribution in [2.24, 2.45) is 0 Å². The lowest BCUT2D eigenvalue weighted by atomic mass is 10.1. The van der Waals surface area contributed by atoms with Gasteiger partial charge < -0.3 is 9.47 Å². The quantitative estimate of drug-likeness (QED) is 0.577. The summed E-state index contributed by atoms with van der Waals surface area (Å²) in [5.74, 6) is 0.563. The molecule has 1 aromatic heterocycles. The first-order valence-corrected chi connectivity index (χ1v) is 9.32. The Balaban J connectivity index is 1.75. The van der Waals surface area contributed by atoms with Gasteiger partial charge in [-0.2, -0.15) is 0 Å². The van der Waals surface area contributed by atoms with Crippen LogP contribution in [-0.2, 0) is 4.79 Å². The minimum absolute atomic E-state index is 0.0658. The van der Waals surface area contributed by atoms with Crippen LogP contribution in [0.1, 0.15) is 24.2 Å². The van der Waals surface area contributed by atoms with E-state index in [2.05, 4.69) is 4.98 Å². The number of para-hydroxylation sites is 1. The number of carbonyl (C=O) groups excluding carboxylic acids is 2. The van der Waals surface area contributed by atoms with Crippen LogP contribution in [-0.4, -0.2) is 36.9 Å². The number of aromatic nitrogens is 1. The molecule has 0 saturated heterocycles. The van der Waals surface area contributed by atoms with Gasteiger partial charge in [0.15, 0.2) is 29.0 Å². The number of hydrogen-bond acceptors (Lipinski definition) is 6. The van der Waals surface area contributed by atoms with E-state index in [1.807, 2.05) is 31.2 Å². The molecule has 3 aromatic rings. The number of methoxy groups -OCH3 is 1. The zero-order valence-electron chi connectivity index (χ0n) is 15.4. The second-order valence-corrected chi connectivity index (χ2v) is 6.82. The minimum Gasteiger partial charge on any atom is -0.493 e. The lowest BCUT2D eigenvalue weighted by Gasteiger charge is -2.18. The van der Waals surface area contributed by atoms with E-state index in [0.29, 0.717) is 28.7 Å². The first-order chi connectivity index (χ1) is 13.0. The van der Waals surface area contributed by atoms with Gasteiger partial charge in [-0.05, 0) is 44.2 Å². The van der Waals surface area contributed by atoms with Gasteiger partial charge in [0.25, 0.3) is 5.91 Å². The Morgan fingerprint density at radius 3 is 2.59 bits per heavy atom. The summed E-state index contributed by atoms with van der Waals surface area (Å²) < 4.78 is 11.9. The SMILES string of the molecule is CCN(C(=O)COc1ccc(C(C)=O)cc1OC)c1nc2ccccc2s1. The maximum atomic E-state index is 12.7. The molecule has 0 bridgehead atoms. The van der Waals surface area contributed by atoms with Gasteiger partial charge in [0.1, 0.15) is 0 Å². The topological polar surface area (TPSA) is 68.7 Å². The fourth-order valence-corrected chi connectivity index (χ4v) is 3.66. The fourth-order valence-electron chi connectivity index (χ4n) is 2.62. The highest BCUT2D eigenvalue weighted by Crippen LogP contribution is 2.30. The first-order valence-electron chi connectivity index (χ1n) is 8.51. The van der Waals surface area contributed by atoms with Gasteiger partial charge in [0.05, 0.1) is 17.3 Å². The number of benzene rings is 2. The second-order valence-electron chi connectivity index (χ2n) is 5.81. The van der Waals surface area contributed by atoms with Gasteiger partial charge in [0.2, 0.25) is 0 Å². The summed E-state index contributed by atoms with van der Waals surface area (Å²) in [5.41, 5.74) is 1.39. The van der Waals surface area contributed by atoms with E-state index >= 15 is 0 Å². The van der Waals surface area contributed by atoms with Crippen molar-refractivity contribution < 1.29 is 19.1 Å². The predicted octanol–water partition coefficient (Wildman–Crippen LogP) is 3.94. The number of hydrogen-bond donors (Lipinski definition) is 0. The molecule has 2 aromatic carbocycles. The van der Waals surface area contributed by atoms with Crippen LogP contribution >= 0.6 is 11.3 Å².